The van der Waals surface area contributed by atoms with Crippen molar-refractivity contribution in [1.29, 1.82) is 0 Å². The molecule has 0 aliphatic carbocycles. The number of nitrogens with one attached hydrogen (secondary N) is 1. The van der Waals surface area contributed by atoms with Gasteiger partial charge in [-0.3, -0.25) is 0 Å². The van der Waals surface area contributed by atoms with Crippen LogP contribution >= 0.6 is 12.2 Å². The van der Waals surface area contributed by atoms with E-state index in [-0.39, 0.29) is 0 Å². The molecular weight excluding hydrogens is 348 g/mol. The van der Waals surface area contributed by atoms with Gasteiger partial charge in [-0.05, 0) is 53.9 Å². The summed E-state index contributed by atoms with van der Waals surface area (Å²) < 4.78 is 0. The summed E-state index contributed by atoms with van der Waals surface area (Å²) in [6.07, 6.45) is 1.98. The molecule has 0 atom stereocenters. The van der Waals surface area contributed by atoms with Crippen molar-refractivity contribution in [3.8, 4) is 0 Å². The number of anilines is 1. The molecule has 0 fully saturated rings. The molecule has 0 radical (unpaired) electrons. The molecule has 0 aliphatic rings. The third kappa shape index (κ3) is 5.93. The summed E-state index contributed by atoms with van der Waals surface area (Å²) >= 11 is 5.77. The van der Waals surface area contributed by atoms with Crippen molar-refractivity contribution in [3.05, 3.63) is 102 Å². The third-order valence-corrected chi connectivity index (χ3v) is 4.96. The van der Waals surface area contributed by atoms with E-state index < -0.39 is 0 Å². The molecular formula is C24H26N2S. The van der Waals surface area contributed by atoms with Crippen molar-refractivity contribution in [2.75, 3.05) is 11.9 Å². The number of nitrogens with zero attached hydrogens (tertiary/aromatic N) is 1. The fourth-order valence-electron chi connectivity index (χ4n) is 3.04. The molecule has 1 N–H and O–H groups in total. The summed E-state index contributed by atoms with van der Waals surface area (Å²) in [6.45, 7) is 3.84. The molecule has 0 heterocycles. The van der Waals surface area contributed by atoms with Gasteiger partial charge in [0.15, 0.2) is 5.11 Å². The van der Waals surface area contributed by atoms with Crippen molar-refractivity contribution in [1.82, 2.24) is 4.90 Å². The zero-order chi connectivity index (χ0) is 18.9. The van der Waals surface area contributed by atoms with Gasteiger partial charge in [-0.25, -0.2) is 0 Å². The Hall–Kier alpha value is -2.65. The highest BCUT2D eigenvalue weighted by Crippen LogP contribution is 2.14. The Morgan fingerprint density at radius 2 is 1.44 bits per heavy atom. The average Bonchev–Trinajstić information content (AvgIpc) is 2.72. The van der Waals surface area contributed by atoms with E-state index in [1.165, 1.54) is 16.7 Å². The van der Waals surface area contributed by atoms with Gasteiger partial charge in [0.25, 0.3) is 0 Å². The summed E-state index contributed by atoms with van der Waals surface area (Å²) in [7, 11) is 0. The predicted octanol–water partition coefficient (Wildman–Crippen LogP) is 5.69. The monoisotopic (exact) mass is 374 g/mol. The number of rotatable bonds is 7. The molecule has 0 amide bonds. The molecule has 0 saturated carbocycles. The Kier molecular flexibility index (Phi) is 7.00. The van der Waals surface area contributed by atoms with Crippen LogP contribution in [-0.4, -0.2) is 16.6 Å². The maximum atomic E-state index is 5.77. The zero-order valence-electron chi connectivity index (χ0n) is 15.8. The van der Waals surface area contributed by atoms with Gasteiger partial charge in [0, 0.05) is 18.8 Å². The number of hydrogen-bond donors (Lipinski definition) is 1. The lowest BCUT2D eigenvalue weighted by atomic mass is 10.1. The van der Waals surface area contributed by atoms with E-state index in [0.29, 0.717) is 0 Å². The minimum absolute atomic E-state index is 0.767. The van der Waals surface area contributed by atoms with Crippen LogP contribution in [0.3, 0.4) is 0 Å². The van der Waals surface area contributed by atoms with Crippen LogP contribution in [0.5, 0.6) is 0 Å². The van der Waals surface area contributed by atoms with Crippen LogP contribution < -0.4 is 5.32 Å². The van der Waals surface area contributed by atoms with Crippen LogP contribution in [-0.2, 0) is 19.4 Å². The number of benzene rings is 3. The molecule has 0 saturated heterocycles. The summed E-state index contributed by atoms with van der Waals surface area (Å²) in [4.78, 5) is 2.25. The van der Waals surface area contributed by atoms with Gasteiger partial charge in [0.05, 0.1) is 0 Å². The molecule has 138 valence electrons. The quantitative estimate of drug-likeness (QED) is 0.535. The highest BCUT2D eigenvalue weighted by atomic mass is 32.1. The first-order valence-electron chi connectivity index (χ1n) is 9.47. The largest absolute Gasteiger partial charge is 0.344 e. The molecule has 3 aromatic carbocycles. The number of hydrogen-bond acceptors (Lipinski definition) is 1. The van der Waals surface area contributed by atoms with Gasteiger partial charge < -0.3 is 10.2 Å². The Morgan fingerprint density at radius 1 is 0.815 bits per heavy atom. The fourth-order valence-corrected chi connectivity index (χ4v) is 3.31. The Bertz CT molecular complexity index is 847. The molecule has 0 aromatic heterocycles. The first-order chi connectivity index (χ1) is 13.2. The first kappa shape index (κ1) is 19.1. The maximum absolute atomic E-state index is 5.77. The number of thiocarbonyl (C=S) groups is 1. The molecule has 0 aliphatic heterocycles. The van der Waals surface area contributed by atoms with Crippen molar-refractivity contribution < 1.29 is 0 Å². The van der Waals surface area contributed by atoms with Crippen molar-refractivity contribution >= 4 is 23.0 Å². The van der Waals surface area contributed by atoms with Gasteiger partial charge in [0.1, 0.15) is 0 Å². The summed E-state index contributed by atoms with van der Waals surface area (Å²) in [5.74, 6) is 0. The molecule has 0 bridgehead atoms. The van der Waals surface area contributed by atoms with Crippen molar-refractivity contribution in [3.63, 3.8) is 0 Å². The van der Waals surface area contributed by atoms with E-state index >= 15 is 0 Å². The molecule has 0 spiro atoms. The Labute approximate surface area is 167 Å². The molecule has 3 aromatic rings. The predicted molar refractivity (Wildman–Crippen MR) is 119 cm³/mol. The lowest BCUT2D eigenvalue weighted by Crippen LogP contribution is -2.35. The second-order valence-electron chi connectivity index (χ2n) is 6.63. The average molecular weight is 375 g/mol. The highest BCUT2D eigenvalue weighted by Gasteiger charge is 2.11. The second-order valence-corrected chi connectivity index (χ2v) is 7.01. The van der Waals surface area contributed by atoms with E-state index in [1.54, 1.807) is 0 Å². The zero-order valence-corrected chi connectivity index (χ0v) is 16.6. The first-order valence-corrected chi connectivity index (χ1v) is 9.88. The van der Waals surface area contributed by atoms with E-state index in [0.717, 1.165) is 36.7 Å². The molecule has 3 heteroatoms. The SMILES string of the molecule is CCc1cccc(NC(=S)N(CCc2ccccc2)Cc2ccccc2)c1. The van der Waals surface area contributed by atoms with E-state index in [4.69, 9.17) is 12.2 Å². The van der Waals surface area contributed by atoms with Crippen molar-refractivity contribution in [2.24, 2.45) is 0 Å². The maximum Gasteiger partial charge on any atom is 0.173 e. The normalized spacial score (nSPS) is 10.4. The fraction of sp³-hybridized carbons (Fsp3) is 0.208. The Morgan fingerprint density at radius 3 is 2.11 bits per heavy atom. The van der Waals surface area contributed by atoms with Gasteiger partial charge in [-0.15, -0.1) is 0 Å². The highest BCUT2D eigenvalue weighted by molar-refractivity contribution is 7.80. The van der Waals surface area contributed by atoms with E-state index in [2.05, 4.69) is 96.0 Å². The molecule has 2 nitrogen and oxygen atoms in total. The Balaban J connectivity index is 1.71. The van der Waals surface area contributed by atoms with Gasteiger partial charge in [0.2, 0.25) is 0 Å². The summed E-state index contributed by atoms with van der Waals surface area (Å²) in [5.41, 5.74) is 4.95. The van der Waals surface area contributed by atoms with Gasteiger partial charge >= 0.3 is 0 Å². The molecule has 27 heavy (non-hydrogen) atoms. The van der Waals surface area contributed by atoms with E-state index in [9.17, 15) is 0 Å². The minimum Gasteiger partial charge on any atom is -0.344 e. The lowest BCUT2D eigenvalue weighted by Gasteiger charge is -2.26. The summed E-state index contributed by atoms with van der Waals surface area (Å²) in [6, 6.07) is 29.5. The topological polar surface area (TPSA) is 15.3 Å². The summed E-state index contributed by atoms with van der Waals surface area (Å²) in [5, 5.41) is 4.20. The standard InChI is InChI=1S/C24H26N2S/c1-2-20-14-9-15-23(18-20)25-24(27)26(19-22-12-7-4-8-13-22)17-16-21-10-5-3-6-11-21/h3-15,18H,2,16-17,19H2,1H3,(H,25,27). The van der Waals surface area contributed by atoms with Crippen LogP contribution in [0.1, 0.15) is 23.6 Å². The molecule has 0 unspecified atom stereocenters. The van der Waals surface area contributed by atoms with Crippen LogP contribution in [0.2, 0.25) is 0 Å². The van der Waals surface area contributed by atoms with Gasteiger partial charge in [-0.2, -0.15) is 0 Å². The van der Waals surface area contributed by atoms with Crippen molar-refractivity contribution in [2.45, 2.75) is 26.3 Å². The smallest absolute Gasteiger partial charge is 0.173 e. The lowest BCUT2D eigenvalue weighted by molar-refractivity contribution is 0.423. The van der Waals surface area contributed by atoms with Crippen LogP contribution in [0.25, 0.3) is 0 Å². The van der Waals surface area contributed by atoms with Crippen LogP contribution in [0.15, 0.2) is 84.9 Å². The second kappa shape index (κ2) is 9.89. The van der Waals surface area contributed by atoms with Gasteiger partial charge in [-0.1, -0.05) is 79.7 Å². The van der Waals surface area contributed by atoms with Crippen LogP contribution in [0.4, 0.5) is 5.69 Å². The number of aryl methyl sites for hydroxylation is 1. The van der Waals surface area contributed by atoms with E-state index in [1.807, 2.05) is 6.07 Å². The van der Waals surface area contributed by atoms with Crippen LogP contribution in [0, 0.1) is 0 Å². The third-order valence-electron chi connectivity index (χ3n) is 4.60. The minimum atomic E-state index is 0.767. The molecule has 3 rings (SSSR count).